The zero-order chi connectivity index (χ0) is 22.9. The van der Waals surface area contributed by atoms with E-state index in [0.29, 0.717) is 50.0 Å². The fourth-order valence-electron chi connectivity index (χ4n) is 3.57. The van der Waals surface area contributed by atoms with Gasteiger partial charge in [-0.2, -0.15) is 0 Å². The lowest BCUT2D eigenvalue weighted by atomic mass is 10.2. The molecule has 1 heterocycles. The number of methoxy groups -OCH3 is 1. The van der Waals surface area contributed by atoms with Gasteiger partial charge in [0.1, 0.15) is 23.1 Å². The van der Waals surface area contributed by atoms with Crippen LogP contribution in [0, 0.1) is 11.6 Å². The van der Waals surface area contributed by atoms with Gasteiger partial charge in [0.25, 0.3) is 5.91 Å². The molecule has 0 saturated carbocycles. The van der Waals surface area contributed by atoms with E-state index in [1.54, 1.807) is 36.3 Å². The number of ether oxygens (including phenoxy) is 1. The summed E-state index contributed by atoms with van der Waals surface area (Å²) in [6.45, 7) is 4.40. The minimum absolute atomic E-state index is 0. The van der Waals surface area contributed by atoms with E-state index in [2.05, 4.69) is 20.9 Å². The van der Waals surface area contributed by atoms with E-state index in [-0.39, 0.29) is 41.6 Å². The Morgan fingerprint density at radius 1 is 1.15 bits per heavy atom. The minimum atomic E-state index is -0.557. The maximum absolute atomic E-state index is 14.1. The van der Waals surface area contributed by atoms with Gasteiger partial charge in [-0.05, 0) is 49.7 Å². The van der Waals surface area contributed by atoms with E-state index in [4.69, 9.17) is 4.74 Å². The van der Waals surface area contributed by atoms with Gasteiger partial charge in [-0.15, -0.1) is 24.0 Å². The number of carbonyl (C=O) groups is 1. The van der Waals surface area contributed by atoms with E-state index in [1.807, 2.05) is 6.92 Å². The number of halogens is 3. The van der Waals surface area contributed by atoms with Crippen LogP contribution in [0.3, 0.4) is 0 Å². The lowest BCUT2D eigenvalue weighted by Crippen LogP contribution is -2.45. The number of aliphatic imine (C=N–C) groups is 1. The summed E-state index contributed by atoms with van der Waals surface area (Å²) in [6, 6.07) is 10.8. The number of hydrogen-bond donors (Lipinski definition) is 3. The Balaban J connectivity index is 0.00000385. The number of para-hydroxylation sites is 1. The molecule has 33 heavy (non-hydrogen) atoms. The second-order valence-electron chi connectivity index (χ2n) is 7.39. The topological polar surface area (TPSA) is 78.0 Å². The Morgan fingerprint density at radius 3 is 2.48 bits per heavy atom. The van der Waals surface area contributed by atoms with Crippen molar-refractivity contribution < 1.29 is 18.3 Å². The van der Waals surface area contributed by atoms with Crippen LogP contribution in [0.15, 0.2) is 47.5 Å². The van der Waals surface area contributed by atoms with Gasteiger partial charge in [-0.1, -0.05) is 6.07 Å². The normalized spacial score (nSPS) is 15.6. The average Bonchev–Trinajstić information content (AvgIpc) is 3.24. The molecule has 1 aliphatic heterocycles. The molecule has 0 radical (unpaired) electrons. The van der Waals surface area contributed by atoms with Crippen molar-refractivity contribution in [3.8, 4) is 5.75 Å². The monoisotopic (exact) mass is 573 g/mol. The molecule has 2 aromatic carbocycles. The molecular weight excluding hydrogens is 543 g/mol. The number of anilines is 1. The third-order valence-electron chi connectivity index (χ3n) is 5.15. The highest BCUT2D eigenvalue weighted by Crippen LogP contribution is 2.26. The van der Waals surface area contributed by atoms with Crippen molar-refractivity contribution in [1.29, 1.82) is 0 Å². The van der Waals surface area contributed by atoms with Gasteiger partial charge < -0.3 is 25.6 Å². The van der Waals surface area contributed by atoms with Crippen LogP contribution in [0.1, 0.15) is 23.7 Å². The molecule has 2 aromatic rings. The highest BCUT2D eigenvalue weighted by atomic mass is 127. The fourth-order valence-corrected chi connectivity index (χ4v) is 3.57. The van der Waals surface area contributed by atoms with Crippen molar-refractivity contribution in [3.63, 3.8) is 0 Å². The van der Waals surface area contributed by atoms with Crippen LogP contribution in [-0.4, -0.2) is 57.7 Å². The Kier molecular flexibility index (Phi) is 10.6. The summed E-state index contributed by atoms with van der Waals surface area (Å²) in [7, 11) is 1.57. The smallest absolute Gasteiger partial charge is 0.251 e. The number of nitrogens with zero attached hydrogens (tertiary/aromatic N) is 2. The molecule has 1 amide bonds. The Morgan fingerprint density at radius 2 is 1.85 bits per heavy atom. The molecule has 1 saturated heterocycles. The predicted octanol–water partition coefficient (Wildman–Crippen LogP) is 3.16. The largest absolute Gasteiger partial charge is 0.497 e. The summed E-state index contributed by atoms with van der Waals surface area (Å²) in [5, 5.41) is 9.31. The van der Waals surface area contributed by atoms with Crippen molar-refractivity contribution in [2.75, 3.05) is 44.7 Å². The average molecular weight is 573 g/mol. The quantitative estimate of drug-likeness (QED) is 0.196. The molecular formula is C23H30F2IN5O2. The lowest BCUT2D eigenvalue weighted by Gasteiger charge is -2.21. The van der Waals surface area contributed by atoms with Gasteiger partial charge in [0, 0.05) is 37.8 Å². The second kappa shape index (κ2) is 13.2. The SMILES string of the molecule is CCNC(=NCCNC(=O)c1ccc(OC)cc1)NC1CCN(c2c(F)cccc2F)C1.I. The van der Waals surface area contributed by atoms with Crippen LogP contribution in [-0.2, 0) is 0 Å². The van der Waals surface area contributed by atoms with E-state index < -0.39 is 11.6 Å². The van der Waals surface area contributed by atoms with Gasteiger partial charge in [0.15, 0.2) is 5.96 Å². The Hall–Kier alpha value is -2.63. The molecule has 0 aromatic heterocycles. The molecule has 3 rings (SSSR count). The number of nitrogens with one attached hydrogen (secondary N) is 3. The van der Waals surface area contributed by atoms with Gasteiger partial charge in [-0.25, -0.2) is 8.78 Å². The first-order valence-electron chi connectivity index (χ1n) is 10.7. The highest BCUT2D eigenvalue weighted by Gasteiger charge is 2.27. The molecule has 0 spiro atoms. The van der Waals surface area contributed by atoms with Crippen LogP contribution >= 0.6 is 24.0 Å². The predicted molar refractivity (Wildman–Crippen MR) is 137 cm³/mol. The number of guanidine groups is 1. The number of carbonyl (C=O) groups excluding carboxylic acids is 1. The standard InChI is InChI=1S/C23H29F2N5O2.HI/c1-3-26-23(28-13-12-27-22(31)16-7-9-18(32-2)10-8-16)29-17-11-14-30(15-17)21-19(24)5-4-6-20(21)25;/h4-10,17H,3,11-15H2,1-2H3,(H,27,31)(H2,26,28,29);1H. The van der Waals surface area contributed by atoms with Gasteiger partial charge in [0.05, 0.1) is 13.7 Å². The minimum Gasteiger partial charge on any atom is -0.497 e. The molecule has 0 bridgehead atoms. The van der Waals surface area contributed by atoms with Crippen LogP contribution < -0.4 is 25.6 Å². The lowest BCUT2D eigenvalue weighted by molar-refractivity contribution is 0.0954. The van der Waals surface area contributed by atoms with Crippen LogP contribution in [0.5, 0.6) is 5.75 Å². The first-order chi connectivity index (χ1) is 15.5. The molecule has 3 N–H and O–H groups in total. The first kappa shape index (κ1) is 26.6. The summed E-state index contributed by atoms with van der Waals surface area (Å²) in [4.78, 5) is 18.4. The van der Waals surface area contributed by atoms with Crippen LogP contribution in [0.4, 0.5) is 14.5 Å². The molecule has 7 nitrogen and oxygen atoms in total. The summed E-state index contributed by atoms with van der Waals surface area (Å²) < 4.78 is 33.2. The molecule has 1 unspecified atom stereocenters. The number of hydrogen-bond acceptors (Lipinski definition) is 4. The molecule has 1 fully saturated rings. The third kappa shape index (κ3) is 7.44. The van der Waals surface area contributed by atoms with E-state index in [0.717, 1.165) is 6.42 Å². The maximum atomic E-state index is 14.1. The zero-order valence-electron chi connectivity index (χ0n) is 18.7. The fraction of sp³-hybridized carbons (Fsp3) is 0.391. The zero-order valence-corrected chi connectivity index (χ0v) is 21.1. The van der Waals surface area contributed by atoms with Crippen molar-refractivity contribution in [2.45, 2.75) is 19.4 Å². The van der Waals surface area contributed by atoms with Crippen molar-refractivity contribution in [2.24, 2.45) is 4.99 Å². The summed E-state index contributed by atoms with van der Waals surface area (Å²) in [6.07, 6.45) is 0.729. The Bertz CT molecular complexity index is 923. The summed E-state index contributed by atoms with van der Waals surface area (Å²) in [5.41, 5.74) is 0.561. The molecule has 1 atom stereocenters. The van der Waals surface area contributed by atoms with Gasteiger partial charge in [0.2, 0.25) is 0 Å². The second-order valence-corrected chi connectivity index (χ2v) is 7.39. The number of benzene rings is 2. The number of amides is 1. The molecule has 0 aliphatic carbocycles. The van der Waals surface area contributed by atoms with E-state index >= 15 is 0 Å². The van der Waals surface area contributed by atoms with E-state index in [9.17, 15) is 13.6 Å². The summed E-state index contributed by atoms with van der Waals surface area (Å²) in [5.74, 6) is -0.000379. The van der Waals surface area contributed by atoms with Gasteiger partial charge in [-0.3, -0.25) is 9.79 Å². The molecule has 1 aliphatic rings. The first-order valence-corrected chi connectivity index (χ1v) is 10.7. The van der Waals surface area contributed by atoms with Crippen LogP contribution in [0.25, 0.3) is 0 Å². The van der Waals surface area contributed by atoms with Crippen molar-refractivity contribution >= 4 is 41.5 Å². The van der Waals surface area contributed by atoms with E-state index in [1.165, 1.54) is 18.2 Å². The van der Waals surface area contributed by atoms with Gasteiger partial charge >= 0.3 is 0 Å². The van der Waals surface area contributed by atoms with Crippen molar-refractivity contribution in [3.05, 3.63) is 59.7 Å². The molecule has 180 valence electrons. The van der Waals surface area contributed by atoms with Crippen LogP contribution in [0.2, 0.25) is 0 Å². The molecule has 10 heteroatoms. The maximum Gasteiger partial charge on any atom is 0.251 e. The van der Waals surface area contributed by atoms with Crippen molar-refractivity contribution in [1.82, 2.24) is 16.0 Å². The number of rotatable bonds is 8. The Labute approximate surface area is 210 Å². The third-order valence-corrected chi connectivity index (χ3v) is 5.15. The highest BCUT2D eigenvalue weighted by molar-refractivity contribution is 14.0. The summed E-state index contributed by atoms with van der Waals surface area (Å²) >= 11 is 0.